The van der Waals surface area contributed by atoms with Crippen LogP contribution in [0.4, 0.5) is 0 Å². The van der Waals surface area contributed by atoms with Gasteiger partial charge in [-0.05, 0) is 37.8 Å². The van der Waals surface area contributed by atoms with Crippen molar-refractivity contribution in [2.45, 2.75) is 25.7 Å². The van der Waals surface area contributed by atoms with E-state index in [2.05, 4.69) is 25.7 Å². The zero-order valence-corrected chi connectivity index (χ0v) is 16.9. The van der Waals surface area contributed by atoms with Crippen LogP contribution in [0, 0.1) is 11.3 Å². The highest BCUT2D eigenvalue weighted by molar-refractivity contribution is 6.69. The third-order valence-electron chi connectivity index (χ3n) is 3.28. The number of rotatable bonds is 6. The molecule has 0 bridgehead atoms. The molecule has 0 aliphatic heterocycles. The Morgan fingerprint density at radius 2 is 1.50 bits per heavy atom. The van der Waals surface area contributed by atoms with Crippen LogP contribution < -0.4 is 9.47 Å². The minimum Gasteiger partial charge on any atom is -0.496 e. The molecule has 0 N–H and O–H groups in total. The van der Waals surface area contributed by atoms with Gasteiger partial charge in [-0.25, -0.2) is 0 Å². The molecule has 2 aromatic carbocycles. The Labute approximate surface area is 156 Å². The van der Waals surface area contributed by atoms with E-state index in [4.69, 9.17) is 19.2 Å². The first-order chi connectivity index (χ1) is 12.4. The number of para-hydroxylation sites is 2. The van der Waals surface area contributed by atoms with Crippen molar-refractivity contribution in [3.05, 3.63) is 59.7 Å². The number of hydrogen-bond donors (Lipinski definition) is 0. The fourth-order valence-corrected chi connectivity index (χ4v) is 3.05. The van der Waals surface area contributed by atoms with Crippen LogP contribution in [0.25, 0.3) is 0 Å². The second kappa shape index (κ2) is 10.4. The summed E-state index contributed by atoms with van der Waals surface area (Å²) < 4.78 is 15.9. The highest BCUT2D eigenvalue weighted by Crippen LogP contribution is 2.29. The molecule has 0 spiro atoms. The molecule has 0 saturated carbocycles. The first kappa shape index (κ1) is 21.4. The zero-order chi connectivity index (χ0) is 19.6. The van der Waals surface area contributed by atoms with Crippen molar-refractivity contribution >= 4 is 14.6 Å². The van der Waals surface area contributed by atoms with Crippen molar-refractivity contribution in [2.24, 2.45) is 0 Å². The topological polar surface area (TPSA) is 68.6 Å². The number of hydrogen-bond acceptors (Lipinski definition) is 5. The van der Waals surface area contributed by atoms with Gasteiger partial charge in [-0.3, -0.25) is 4.79 Å². The van der Waals surface area contributed by atoms with Crippen LogP contribution in [0.2, 0.25) is 19.6 Å². The van der Waals surface area contributed by atoms with Gasteiger partial charge in [-0.15, -0.1) is 0 Å². The molecule has 0 saturated heterocycles. The molecule has 1 atom stereocenters. The standard InChI is InChI=1S/C12H17NO2Si.C8H8O2/c1-14-11-8-6-5-7-10(11)12(9-13)15-16(2,3)4;1-10-8-5-3-2-4-7(8)6-9/h5-8,12H,1-4H3;2-6H,1H3. The largest absolute Gasteiger partial charge is 0.496 e. The fraction of sp³-hybridized carbons (Fsp3) is 0.300. The van der Waals surface area contributed by atoms with Crippen molar-refractivity contribution in [1.82, 2.24) is 0 Å². The van der Waals surface area contributed by atoms with Crippen LogP contribution in [0.1, 0.15) is 22.0 Å². The Bertz CT molecular complexity index is 750. The molecule has 0 aromatic heterocycles. The number of methoxy groups -OCH3 is 2. The Hall–Kier alpha value is -2.62. The number of ether oxygens (including phenoxy) is 2. The molecule has 0 aliphatic rings. The van der Waals surface area contributed by atoms with Crippen molar-refractivity contribution in [2.75, 3.05) is 14.2 Å². The van der Waals surface area contributed by atoms with Crippen molar-refractivity contribution in [1.29, 1.82) is 5.26 Å². The first-order valence-electron chi connectivity index (χ1n) is 8.14. The van der Waals surface area contributed by atoms with Gasteiger partial charge in [0.15, 0.2) is 20.7 Å². The molecule has 2 rings (SSSR count). The molecule has 1 unspecified atom stereocenters. The van der Waals surface area contributed by atoms with Crippen LogP contribution in [0.15, 0.2) is 48.5 Å². The molecule has 2 aromatic rings. The molecule has 0 radical (unpaired) electrons. The van der Waals surface area contributed by atoms with Gasteiger partial charge in [0, 0.05) is 5.56 Å². The quantitative estimate of drug-likeness (QED) is 0.547. The Balaban J connectivity index is 0.000000289. The summed E-state index contributed by atoms with van der Waals surface area (Å²) in [5, 5.41) is 9.15. The lowest BCUT2D eigenvalue weighted by molar-refractivity contribution is 0.112. The summed E-state index contributed by atoms with van der Waals surface area (Å²) in [6.07, 6.45) is 0.238. The van der Waals surface area contributed by atoms with Crippen LogP contribution >= 0.6 is 0 Å². The molecule has 0 heterocycles. The van der Waals surface area contributed by atoms with E-state index in [1.165, 1.54) is 0 Å². The highest BCUT2D eigenvalue weighted by atomic mass is 28.4. The third-order valence-corrected chi connectivity index (χ3v) is 4.22. The smallest absolute Gasteiger partial charge is 0.186 e. The van der Waals surface area contributed by atoms with Gasteiger partial charge in [-0.2, -0.15) is 5.26 Å². The normalized spacial score (nSPS) is 11.4. The van der Waals surface area contributed by atoms with E-state index in [1.807, 2.05) is 30.3 Å². The maximum absolute atomic E-state index is 10.3. The third kappa shape index (κ3) is 6.71. The second-order valence-corrected chi connectivity index (χ2v) is 10.8. The Morgan fingerprint density at radius 1 is 0.962 bits per heavy atom. The van der Waals surface area contributed by atoms with Gasteiger partial charge in [0.25, 0.3) is 0 Å². The van der Waals surface area contributed by atoms with Gasteiger partial charge in [-0.1, -0.05) is 30.3 Å². The van der Waals surface area contributed by atoms with Crippen LogP contribution in [-0.4, -0.2) is 28.8 Å². The Morgan fingerprint density at radius 3 is 1.96 bits per heavy atom. The van der Waals surface area contributed by atoms with E-state index in [9.17, 15) is 4.79 Å². The first-order valence-corrected chi connectivity index (χ1v) is 11.6. The van der Waals surface area contributed by atoms with E-state index in [-0.39, 0.29) is 0 Å². The number of nitriles is 1. The molecule has 0 amide bonds. The van der Waals surface area contributed by atoms with Gasteiger partial charge >= 0.3 is 0 Å². The van der Waals surface area contributed by atoms with E-state index in [0.29, 0.717) is 17.1 Å². The molecule has 0 aliphatic carbocycles. The molecular weight excluding hydrogens is 346 g/mol. The van der Waals surface area contributed by atoms with E-state index >= 15 is 0 Å². The van der Waals surface area contributed by atoms with E-state index in [1.54, 1.807) is 32.4 Å². The average Bonchev–Trinajstić information content (AvgIpc) is 2.65. The number of aldehydes is 1. The summed E-state index contributed by atoms with van der Waals surface area (Å²) in [5.74, 6) is 1.32. The predicted octanol–water partition coefficient (Wildman–Crippen LogP) is 4.62. The summed E-state index contributed by atoms with van der Waals surface area (Å²) in [7, 11) is 1.41. The minimum atomic E-state index is -1.74. The summed E-state index contributed by atoms with van der Waals surface area (Å²) >= 11 is 0. The average molecular weight is 372 g/mol. The molecule has 5 nitrogen and oxygen atoms in total. The fourth-order valence-electron chi connectivity index (χ4n) is 2.16. The second-order valence-electron chi connectivity index (χ2n) is 6.34. The van der Waals surface area contributed by atoms with Crippen molar-refractivity contribution in [3.8, 4) is 17.6 Å². The zero-order valence-electron chi connectivity index (χ0n) is 15.9. The number of carbonyl (C=O) groups is 1. The minimum absolute atomic E-state index is 0.539. The molecular formula is C20H25NO4Si. The number of nitrogens with zero attached hydrogens (tertiary/aromatic N) is 1. The molecule has 138 valence electrons. The van der Waals surface area contributed by atoms with Crippen LogP contribution in [0.5, 0.6) is 11.5 Å². The van der Waals surface area contributed by atoms with Gasteiger partial charge in [0.2, 0.25) is 0 Å². The van der Waals surface area contributed by atoms with Gasteiger partial charge in [0.1, 0.15) is 11.5 Å². The van der Waals surface area contributed by atoms with E-state index < -0.39 is 14.4 Å². The van der Waals surface area contributed by atoms with Gasteiger partial charge in [0.05, 0.1) is 25.9 Å². The van der Waals surface area contributed by atoms with Crippen molar-refractivity contribution in [3.63, 3.8) is 0 Å². The molecule has 6 heteroatoms. The highest BCUT2D eigenvalue weighted by Gasteiger charge is 2.24. The number of benzene rings is 2. The summed E-state index contributed by atoms with van der Waals surface area (Å²) in [4.78, 5) is 10.3. The molecule has 26 heavy (non-hydrogen) atoms. The van der Waals surface area contributed by atoms with E-state index in [0.717, 1.165) is 11.8 Å². The summed E-state index contributed by atoms with van der Waals surface area (Å²) in [6.45, 7) is 6.19. The maximum atomic E-state index is 10.3. The van der Waals surface area contributed by atoms with Gasteiger partial charge < -0.3 is 13.9 Å². The Kier molecular flexibility index (Phi) is 8.56. The SMILES string of the molecule is COc1ccccc1C(C#N)O[Si](C)(C)C.COc1ccccc1C=O. The van der Waals surface area contributed by atoms with Crippen molar-refractivity contribution < 1.29 is 18.7 Å². The summed E-state index contributed by atoms with van der Waals surface area (Å²) in [5.41, 5.74) is 1.39. The lowest BCUT2D eigenvalue weighted by Gasteiger charge is -2.22. The maximum Gasteiger partial charge on any atom is 0.186 e. The monoisotopic (exact) mass is 371 g/mol. The predicted molar refractivity (Wildman–Crippen MR) is 104 cm³/mol. The van der Waals surface area contributed by atoms with Crippen LogP contribution in [0.3, 0.4) is 0 Å². The lowest BCUT2D eigenvalue weighted by Crippen LogP contribution is -2.27. The van der Waals surface area contributed by atoms with Crippen LogP contribution in [-0.2, 0) is 4.43 Å². The number of carbonyl (C=O) groups excluding carboxylic acids is 1. The summed E-state index contributed by atoms with van der Waals surface area (Å²) in [6, 6.07) is 16.7. The molecule has 0 fully saturated rings. The lowest BCUT2D eigenvalue weighted by atomic mass is 10.1.